The number of hydrogen-bond acceptors (Lipinski definition) is 1. The van der Waals surface area contributed by atoms with Gasteiger partial charge in [-0.2, -0.15) is 13.2 Å². The number of halogens is 6. The molecule has 9 heteroatoms. The largest absolute Gasteiger partial charge is 0.392 e. The Morgan fingerprint density at radius 2 is 1.83 bits per heavy atom. The predicted octanol–water partition coefficient (Wildman–Crippen LogP) is 4.91. The molecule has 1 aliphatic rings. The molecule has 2 nitrogen and oxygen atoms in total. The van der Waals surface area contributed by atoms with Crippen molar-refractivity contribution < 1.29 is 26.2 Å². The molecule has 0 bridgehead atoms. The Balaban J connectivity index is 2.38. The first-order chi connectivity index (χ1) is 10.8. The van der Waals surface area contributed by atoms with E-state index < -0.39 is 56.4 Å². The fourth-order valence-electron chi connectivity index (χ4n) is 2.41. The Kier molecular flexibility index (Phi) is 5.33. The molecule has 24 heavy (non-hydrogen) atoms. The quantitative estimate of drug-likeness (QED) is 0.575. The summed E-state index contributed by atoms with van der Waals surface area (Å²) in [7, 11) is -1.73. The second kappa shape index (κ2) is 6.53. The number of alkyl halides is 3. The van der Waals surface area contributed by atoms with Gasteiger partial charge in [-0.15, -0.1) is 0 Å². The van der Waals surface area contributed by atoms with Gasteiger partial charge in [-0.25, -0.2) is 17.7 Å². The van der Waals surface area contributed by atoms with Crippen molar-refractivity contribution in [2.75, 3.05) is 0 Å². The van der Waals surface area contributed by atoms with E-state index in [1.165, 1.54) is 0 Å². The Morgan fingerprint density at radius 3 is 2.29 bits per heavy atom. The lowest BCUT2D eigenvalue weighted by Gasteiger charge is -2.25. The van der Waals surface area contributed by atoms with Gasteiger partial charge in [0.2, 0.25) is 0 Å². The van der Waals surface area contributed by atoms with E-state index in [2.05, 4.69) is 4.72 Å². The monoisotopic (exact) mass is 389 g/mol. The summed E-state index contributed by atoms with van der Waals surface area (Å²) in [5.74, 6) is -4.73. The summed E-state index contributed by atoms with van der Waals surface area (Å²) >= 11 is 5.53. The van der Waals surface area contributed by atoms with Crippen LogP contribution in [0.3, 0.4) is 0 Å². The van der Waals surface area contributed by atoms with Crippen LogP contribution in [0.2, 0.25) is 5.02 Å². The maximum absolute atomic E-state index is 14.3. The molecule has 1 N–H and O–H groups in total. The van der Waals surface area contributed by atoms with E-state index in [-0.39, 0.29) is 12.0 Å². The van der Waals surface area contributed by atoms with Gasteiger partial charge in [-0.3, -0.25) is 0 Å². The number of nitrogens with one attached hydrogen (secondary N) is 1. The van der Waals surface area contributed by atoms with Crippen LogP contribution < -0.4 is 4.72 Å². The van der Waals surface area contributed by atoms with E-state index in [1.807, 2.05) is 0 Å². The Labute approximate surface area is 144 Å². The van der Waals surface area contributed by atoms with E-state index in [9.17, 15) is 26.2 Å². The molecule has 1 aromatic rings. The van der Waals surface area contributed by atoms with Gasteiger partial charge in [0.25, 0.3) is 0 Å². The molecule has 4 atom stereocenters. The molecular formula is C15H17ClF5NOS. The topological polar surface area (TPSA) is 29.1 Å². The van der Waals surface area contributed by atoms with Crippen LogP contribution in [0.1, 0.15) is 38.8 Å². The van der Waals surface area contributed by atoms with Crippen molar-refractivity contribution in [3.05, 3.63) is 34.4 Å². The minimum atomic E-state index is -4.42. The fraction of sp³-hybridized carbons (Fsp3) is 0.600. The summed E-state index contributed by atoms with van der Waals surface area (Å²) in [6.07, 6.45) is -4.63. The normalized spacial score (nSPS) is 23.9. The van der Waals surface area contributed by atoms with Crippen molar-refractivity contribution in [3.63, 3.8) is 0 Å². The molecule has 1 saturated carbocycles. The lowest BCUT2D eigenvalue weighted by Crippen LogP contribution is -2.37. The van der Waals surface area contributed by atoms with Gasteiger partial charge >= 0.3 is 6.18 Å². The Bertz CT molecular complexity index is 658. The molecule has 0 heterocycles. The highest BCUT2D eigenvalue weighted by Crippen LogP contribution is 2.56. The first-order valence-corrected chi connectivity index (χ1v) is 8.75. The van der Waals surface area contributed by atoms with Crippen molar-refractivity contribution in [1.82, 2.24) is 4.72 Å². The third-order valence-electron chi connectivity index (χ3n) is 3.88. The van der Waals surface area contributed by atoms with Crippen LogP contribution in [0.25, 0.3) is 0 Å². The van der Waals surface area contributed by atoms with E-state index in [1.54, 1.807) is 20.8 Å². The number of rotatable bonds is 4. The lowest BCUT2D eigenvalue weighted by atomic mass is 10.0. The number of benzene rings is 1. The Hall–Kier alpha value is -0.730. The zero-order valence-electron chi connectivity index (χ0n) is 13.2. The minimum absolute atomic E-state index is 0.211. The zero-order valence-corrected chi connectivity index (χ0v) is 14.8. The SMILES string of the molecule is CC(C)(C)S(=O)N[C@H](c1ccc(F)c(Cl)c1F)[C@@H]1C[C@H]1C(F)(F)F. The van der Waals surface area contributed by atoms with Crippen LogP contribution in [0, 0.1) is 23.5 Å². The van der Waals surface area contributed by atoms with Crippen molar-refractivity contribution in [2.45, 2.75) is 44.2 Å². The standard InChI is InChI=1S/C15H17ClF5NOS/c1-14(2,3)24(23)22-13(8-6-9(8)15(19,20)21)7-4-5-10(17)11(16)12(7)18/h4-5,8-9,13,22H,6H2,1-3H3/t8-,9-,13-,24?/m1/s1. The predicted molar refractivity (Wildman–Crippen MR) is 82.8 cm³/mol. The van der Waals surface area contributed by atoms with Crippen LogP contribution in [0.5, 0.6) is 0 Å². The molecule has 136 valence electrons. The molecule has 0 aliphatic heterocycles. The highest BCUT2D eigenvalue weighted by Gasteiger charge is 2.59. The van der Waals surface area contributed by atoms with Gasteiger partial charge in [0, 0.05) is 5.56 Å². The van der Waals surface area contributed by atoms with Crippen LogP contribution in [-0.4, -0.2) is 15.1 Å². The van der Waals surface area contributed by atoms with Crippen LogP contribution >= 0.6 is 11.6 Å². The van der Waals surface area contributed by atoms with Crippen LogP contribution in [-0.2, 0) is 11.0 Å². The molecule has 2 rings (SSSR count). The summed E-state index contributed by atoms with van der Waals surface area (Å²) in [6, 6.07) is 0.759. The van der Waals surface area contributed by atoms with Crippen LogP contribution in [0.4, 0.5) is 22.0 Å². The molecule has 1 aliphatic carbocycles. The van der Waals surface area contributed by atoms with E-state index in [0.717, 1.165) is 12.1 Å². The summed E-state index contributed by atoms with van der Waals surface area (Å²) in [6.45, 7) is 4.90. The molecule has 0 radical (unpaired) electrons. The van der Waals surface area contributed by atoms with Gasteiger partial charge in [-0.05, 0) is 39.2 Å². The molecule has 1 aromatic carbocycles. The maximum Gasteiger partial charge on any atom is 0.392 e. The molecule has 1 unspecified atom stereocenters. The molecular weight excluding hydrogens is 373 g/mol. The first-order valence-electron chi connectivity index (χ1n) is 7.22. The van der Waals surface area contributed by atoms with Gasteiger partial charge in [-0.1, -0.05) is 17.7 Å². The highest BCUT2D eigenvalue weighted by atomic mass is 35.5. The minimum Gasteiger partial charge on any atom is -0.242 e. The van der Waals surface area contributed by atoms with E-state index in [0.29, 0.717) is 0 Å². The average molecular weight is 390 g/mol. The number of hydrogen-bond donors (Lipinski definition) is 1. The molecule has 0 spiro atoms. The second-order valence-electron chi connectivity index (χ2n) is 6.79. The van der Waals surface area contributed by atoms with E-state index in [4.69, 9.17) is 11.6 Å². The highest BCUT2D eigenvalue weighted by molar-refractivity contribution is 7.84. The van der Waals surface area contributed by atoms with Crippen molar-refractivity contribution in [1.29, 1.82) is 0 Å². The van der Waals surface area contributed by atoms with Gasteiger partial charge in [0.1, 0.15) is 16.7 Å². The third-order valence-corrected chi connectivity index (χ3v) is 5.81. The summed E-state index contributed by atoms with van der Waals surface area (Å²) in [4.78, 5) is 0. The van der Waals surface area contributed by atoms with Crippen molar-refractivity contribution in [3.8, 4) is 0 Å². The third kappa shape index (κ3) is 4.08. The first kappa shape index (κ1) is 19.6. The lowest BCUT2D eigenvalue weighted by molar-refractivity contribution is -0.151. The summed E-state index contributed by atoms with van der Waals surface area (Å²) in [5, 5.41) is -0.787. The average Bonchev–Trinajstić information content (AvgIpc) is 3.22. The van der Waals surface area contributed by atoms with Crippen molar-refractivity contribution >= 4 is 22.6 Å². The molecule has 0 saturated heterocycles. The maximum atomic E-state index is 14.3. The zero-order chi connectivity index (χ0) is 18.4. The molecule has 0 aromatic heterocycles. The van der Waals surface area contributed by atoms with Crippen LogP contribution in [0.15, 0.2) is 12.1 Å². The van der Waals surface area contributed by atoms with E-state index >= 15 is 0 Å². The molecule has 0 amide bonds. The van der Waals surface area contributed by atoms with Gasteiger partial charge in [0.15, 0.2) is 0 Å². The van der Waals surface area contributed by atoms with Gasteiger partial charge < -0.3 is 0 Å². The van der Waals surface area contributed by atoms with Crippen molar-refractivity contribution in [2.24, 2.45) is 11.8 Å². The second-order valence-corrected chi connectivity index (χ2v) is 9.16. The summed E-state index contributed by atoms with van der Waals surface area (Å²) < 4.78 is 80.4. The smallest absolute Gasteiger partial charge is 0.242 e. The summed E-state index contributed by atoms with van der Waals surface area (Å²) in [5.41, 5.74) is -0.212. The Morgan fingerprint density at radius 1 is 1.25 bits per heavy atom. The van der Waals surface area contributed by atoms with Gasteiger partial charge in [0.05, 0.1) is 27.7 Å². The molecule has 1 fully saturated rings. The fourth-order valence-corrected chi connectivity index (χ4v) is 3.47.